The van der Waals surface area contributed by atoms with Crippen LogP contribution in [-0.4, -0.2) is 37.6 Å². The SMILES string of the molecule is OC1CCOCCOCC1. The molecule has 0 aromatic rings. The van der Waals surface area contributed by atoms with E-state index < -0.39 is 0 Å². The van der Waals surface area contributed by atoms with Gasteiger partial charge in [-0.3, -0.25) is 0 Å². The molecule has 0 spiro atoms. The van der Waals surface area contributed by atoms with Crippen LogP contribution in [0.2, 0.25) is 0 Å². The van der Waals surface area contributed by atoms with Gasteiger partial charge >= 0.3 is 0 Å². The van der Waals surface area contributed by atoms with E-state index in [1.807, 2.05) is 0 Å². The molecular formula is C7H14O3. The van der Waals surface area contributed by atoms with Crippen molar-refractivity contribution < 1.29 is 14.6 Å². The van der Waals surface area contributed by atoms with Crippen LogP contribution in [0.5, 0.6) is 0 Å². The summed E-state index contributed by atoms with van der Waals surface area (Å²) in [4.78, 5) is 0. The molecule has 0 bridgehead atoms. The molecule has 1 saturated heterocycles. The Morgan fingerprint density at radius 1 is 0.900 bits per heavy atom. The second-order valence-electron chi connectivity index (χ2n) is 2.46. The van der Waals surface area contributed by atoms with Crippen LogP contribution in [0, 0.1) is 0 Å². The molecule has 3 nitrogen and oxygen atoms in total. The first-order valence-corrected chi connectivity index (χ1v) is 3.73. The average molecular weight is 146 g/mol. The number of rotatable bonds is 0. The van der Waals surface area contributed by atoms with E-state index in [0.29, 0.717) is 26.4 Å². The third kappa shape index (κ3) is 3.15. The van der Waals surface area contributed by atoms with Crippen molar-refractivity contribution in [1.29, 1.82) is 0 Å². The Morgan fingerprint density at radius 2 is 1.40 bits per heavy atom. The van der Waals surface area contributed by atoms with E-state index >= 15 is 0 Å². The number of aliphatic hydroxyl groups is 1. The molecule has 1 heterocycles. The largest absolute Gasteiger partial charge is 0.393 e. The number of hydrogen-bond donors (Lipinski definition) is 1. The van der Waals surface area contributed by atoms with E-state index in [2.05, 4.69) is 0 Å². The highest BCUT2D eigenvalue weighted by molar-refractivity contribution is 4.55. The van der Waals surface area contributed by atoms with Gasteiger partial charge in [-0.2, -0.15) is 0 Å². The fourth-order valence-electron chi connectivity index (χ4n) is 0.905. The van der Waals surface area contributed by atoms with Crippen molar-refractivity contribution in [3.63, 3.8) is 0 Å². The summed E-state index contributed by atoms with van der Waals surface area (Å²) in [5.41, 5.74) is 0. The standard InChI is InChI=1S/C7H14O3/c8-7-1-3-9-5-6-10-4-2-7/h7-8H,1-6H2. The molecule has 0 atom stereocenters. The quantitative estimate of drug-likeness (QED) is 0.529. The minimum Gasteiger partial charge on any atom is -0.393 e. The predicted molar refractivity (Wildman–Crippen MR) is 36.9 cm³/mol. The highest BCUT2D eigenvalue weighted by Gasteiger charge is 2.05. The van der Waals surface area contributed by atoms with Crippen LogP contribution in [0.1, 0.15) is 12.8 Å². The second-order valence-corrected chi connectivity index (χ2v) is 2.46. The van der Waals surface area contributed by atoms with E-state index in [9.17, 15) is 5.11 Å². The number of ether oxygens (including phenoxy) is 2. The van der Waals surface area contributed by atoms with Crippen LogP contribution in [0.3, 0.4) is 0 Å². The van der Waals surface area contributed by atoms with Crippen LogP contribution < -0.4 is 0 Å². The molecule has 1 fully saturated rings. The van der Waals surface area contributed by atoms with Gasteiger partial charge in [-0.15, -0.1) is 0 Å². The third-order valence-electron chi connectivity index (χ3n) is 1.56. The summed E-state index contributed by atoms with van der Waals surface area (Å²) in [6.45, 7) is 2.63. The average Bonchev–Trinajstić information content (AvgIpc) is 2.02. The van der Waals surface area contributed by atoms with Gasteiger partial charge in [-0.05, 0) is 12.8 Å². The molecule has 1 aliphatic rings. The predicted octanol–water partition coefficient (Wildman–Crippen LogP) is 0.174. The Kier molecular flexibility index (Phi) is 3.72. The summed E-state index contributed by atoms with van der Waals surface area (Å²) < 4.78 is 10.3. The van der Waals surface area contributed by atoms with Gasteiger partial charge < -0.3 is 14.6 Å². The fourth-order valence-corrected chi connectivity index (χ4v) is 0.905. The van der Waals surface area contributed by atoms with Crippen LogP contribution in [0.25, 0.3) is 0 Å². The molecule has 1 N–H and O–H groups in total. The number of hydrogen-bond acceptors (Lipinski definition) is 3. The number of aliphatic hydroxyl groups excluding tert-OH is 1. The molecule has 1 aliphatic heterocycles. The lowest BCUT2D eigenvalue weighted by Gasteiger charge is -2.05. The van der Waals surface area contributed by atoms with Crippen molar-refractivity contribution in [1.82, 2.24) is 0 Å². The first-order chi connectivity index (χ1) is 4.89. The van der Waals surface area contributed by atoms with Gasteiger partial charge in [-0.1, -0.05) is 0 Å². The maximum atomic E-state index is 9.18. The fraction of sp³-hybridized carbons (Fsp3) is 1.00. The van der Waals surface area contributed by atoms with Crippen LogP contribution in [0.15, 0.2) is 0 Å². The lowest BCUT2D eigenvalue weighted by Crippen LogP contribution is -2.10. The summed E-state index contributed by atoms with van der Waals surface area (Å²) in [7, 11) is 0. The molecule has 0 aliphatic carbocycles. The maximum Gasteiger partial charge on any atom is 0.0700 e. The molecule has 0 amide bonds. The normalized spacial score (nSPS) is 24.9. The Labute approximate surface area is 60.9 Å². The molecule has 0 radical (unpaired) electrons. The highest BCUT2D eigenvalue weighted by atomic mass is 16.5. The monoisotopic (exact) mass is 146 g/mol. The van der Waals surface area contributed by atoms with E-state index in [1.165, 1.54) is 0 Å². The van der Waals surface area contributed by atoms with Gasteiger partial charge in [0.15, 0.2) is 0 Å². The molecule has 3 heteroatoms. The molecule has 0 unspecified atom stereocenters. The first kappa shape index (κ1) is 7.98. The Morgan fingerprint density at radius 3 is 1.90 bits per heavy atom. The summed E-state index contributed by atoms with van der Waals surface area (Å²) in [6.07, 6.45) is 1.24. The lowest BCUT2D eigenvalue weighted by molar-refractivity contribution is 0.0584. The first-order valence-electron chi connectivity index (χ1n) is 3.73. The third-order valence-corrected chi connectivity index (χ3v) is 1.56. The second kappa shape index (κ2) is 4.66. The van der Waals surface area contributed by atoms with Gasteiger partial charge in [0.05, 0.1) is 19.3 Å². The van der Waals surface area contributed by atoms with Crippen molar-refractivity contribution >= 4 is 0 Å². The summed E-state index contributed by atoms with van der Waals surface area (Å²) in [5.74, 6) is 0. The van der Waals surface area contributed by atoms with Gasteiger partial charge in [0, 0.05) is 13.2 Å². The molecule has 0 aromatic carbocycles. The molecule has 0 saturated carbocycles. The molecular weight excluding hydrogens is 132 g/mol. The van der Waals surface area contributed by atoms with Gasteiger partial charge in [0.1, 0.15) is 0 Å². The molecule has 60 valence electrons. The van der Waals surface area contributed by atoms with Crippen molar-refractivity contribution in [2.45, 2.75) is 18.9 Å². The van der Waals surface area contributed by atoms with Crippen molar-refractivity contribution in [2.24, 2.45) is 0 Å². The zero-order valence-electron chi connectivity index (χ0n) is 6.08. The van der Waals surface area contributed by atoms with Gasteiger partial charge in [0.2, 0.25) is 0 Å². The molecule has 10 heavy (non-hydrogen) atoms. The van der Waals surface area contributed by atoms with E-state index in [4.69, 9.17) is 9.47 Å². The summed E-state index contributed by atoms with van der Waals surface area (Å²) >= 11 is 0. The Balaban J connectivity index is 2.15. The highest BCUT2D eigenvalue weighted by Crippen LogP contribution is 2.00. The smallest absolute Gasteiger partial charge is 0.0700 e. The van der Waals surface area contributed by atoms with Crippen molar-refractivity contribution in [2.75, 3.05) is 26.4 Å². The zero-order chi connectivity index (χ0) is 7.23. The van der Waals surface area contributed by atoms with Crippen LogP contribution in [0.4, 0.5) is 0 Å². The minimum absolute atomic E-state index is 0.238. The van der Waals surface area contributed by atoms with E-state index in [-0.39, 0.29) is 6.10 Å². The Bertz CT molecular complexity index is 74.9. The maximum absolute atomic E-state index is 9.18. The van der Waals surface area contributed by atoms with Crippen molar-refractivity contribution in [3.05, 3.63) is 0 Å². The lowest BCUT2D eigenvalue weighted by atomic mass is 10.2. The zero-order valence-corrected chi connectivity index (χ0v) is 6.08. The van der Waals surface area contributed by atoms with Crippen molar-refractivity contribution in [3.8, 4) is 0 Å². The van der Waals surface area contributed by atoms with Gasteiger partial charge in [0.25, 0.3) is 0 Å². The van der Waals surface area contributed by atoms with E-state index in [0.717, 1.165) is 12.8 Å². The van der Waals surface area contributed by atoms with Crippen LogP contribution in [-0.2, 0) is 9.47 Å². The molecule has 1 rings (SSSR count). The van der Waals surface area contributed by atoms with E-state index in [1.54, 1.807) is 0 Å². The Hall–Kier alpha value is -0.120. The topological polar surface area (TPSA) is 38.7 Å². The summed E-state index contributed by atoms with van der Waals surface area (Å²) in [6, 6.07) is 0. The molecule has 0 aromatic heterocycles. The summed E-state index contributed by atoms with van der Waals surface area (Å²) in [5, 5.41) is 9.18. The minimum atomic E-state index is -0.238. The van der Waals surface area contributed by atoms with Crippen LogP contribution >= 0.6 is 0 Å². The van der Waals surface area contributed by atoms with Gasteiger partial charge in [-0.25, -0.2) is 0 Å².